The van der Waals surface area contributed by atoms with E-state index in [1.54, 1.807) is 19.2 Å². The van der Waals surface area contributed by atoms with Crippen molar-refractivity contribution in [3.8, 4) is 0 Å². The fourth-order valence-electron chi connectivity index (χ4n) is 3.55. The average molecular weight is 375 g/mol. The molecule has 0 saturated carbocycles. The Hall–Kier alpha value is -3.54. The molecule has 2 amide bonds. The number of hydrogen-bond acceptors (Lipinski definition) is 3. The minimum Gasteiger partial charge on any atom is -0.459 e. The molecule has 0 aliphatic heterocycles. The molecule has 0 atom stereocenters. The first-order chi connectivity index (χ1) is 13.6. The normalized spacial score (nSPS) is 11.1. The number of anilines is 1. The molecule has 0 unspecified atom stereocenters. The zero-order chi connectivity index (χ0) is 19.7. The van der Waals surface area contributed by atoms with Gasteiger partial charge in [0.15, 0.2) is 5.76 Å². The van der Waals surface area contributed by atoms with Crippen LogP contribution in [0.1, 0.15) is 17.5 Å². The number of nitrogens with zero attached hydrogens (tertiary/aromatic N) is 2. The molecule has 0 aliphatic carbocycles. The Morgan fingerprint density at radius 3 is 2.57 bits per heavy atom. The second-order valence-electron chi connectivity index (χ2n) is 6.68. The Labute approximate surface area is 162 Å². The zero-order valence-electron chi connectivity index (χ0n) is 15.8. The standard InChI is InChI=1S/C22H21N3O3/c1-3-25-18-8-5-4-7-16(18)17-13-15(10-11-19(17)25)23-21(26)14-24(2)22(27)20-9-6-12-28-20/h4-13H,3,14H2,1-2H3,(H,23,26). The molecule has 0 radical (unpaired) electrons. The van der Waals surface area contributed by atoms with Crippen molar-refractivity contribution in [3.05, 3.63) is 66.6 Å². The van der Waals surface area contributed by atoms with Crippen molar-refractivity contribution in [1.29, 1.82) is 0 Å². The molecule has 28 heavy (non-hydrogen) atoms. The van der Waals surface area contributed by atoms with E-state index in [2.05, 4.69) is 28.9 Å². The lowest BCUT2D eigenvalue weighted by molar-refractivity contribution is -0.116. The number of rotatable bonds is 5. The van der Waals surface area contributed by atoms with E-state index in [0.29, 0.717) is 5.69 Å². The molecule has 6 nitrogen and oxygen atoms in total. The van der Waals surface area contributed by atoms with Crippen LogP contribution in [0, 0.1) is 0 Å². The van der Waals surface area contributed by atoms with Crippen LogP contribution in [-0.4, -0.2) is 34.9 Å². The molecule has 0 bridgehead atoms. The van der Waals surface area contributed by atoms with Crippen LogP contribution in [0.3, 0.4) is 0 Å². The Kier molecular flexibility index (Phi) is 4.61. The van der Waals surface area contributed by atoms with E-state index in [4.69, 9.17) is 4.42 Å². The first-order valence-corrected chi connectivity index (χ1v) is 9.18. The van der Waals surface area contributed by atoms with E-state index in [0.717, 1.165) is 22.8 Å². The maximum atomic E-state index is 12.4. The number of carbonyl (C=O) groups excluding carboxylic acids is 2. The molecule has 2 heterocycles. The van der Waals surface area contributed by atoms with Crippen molar-refractivity contribution in [2.45, 2.75) is 13.5 Å². The maximum Gasteiger partial charge on any atom is 0.289 e. The summed E-state index contributed by atoms with van der Waals surface area (Å²) >= 11 is 0. The maximum absolute atomic E-state index is 12.4. The first kappa shape index (κ1) is 17.9. The third kappa shape index (κ3) is 3.13. The van der Waals surface area contributed by atoms with Crippen LogP contribution in [0.2, 0.25) is 0 Å². The van der Waals surface area contributed by atoms with Crippen LogP contribution in [0.25, 0.3) is 21.8 Å². The highest BCUT2D eigenvalue weighted by molar-refractivity contribution is 6.10. The molecule has 0 fully saturated rings. The number of aromatic nitrogens is 1. The number of likely N-dealkylation sites (N-methyl/N-ethyl adjacent to an activating group) is 1. The quantitative estimate of drug-likeness (QED) is 0.571. The van der Waals surface area contributed by atoms with Gasteiger partial charge in [0.05, 0.1) is 12.8 Å². The molecule has 2 aromatic heterocycles. The molecule has 6 heteroatoms. The van der Waals surface area contributed by atoms with Crippen molar-refractivity contribution in [1.82, 2.24) is 9.47 Å². The summed E-state index contributed by atoms with van der Waals surface area (Å²) < 4.78 is 7.35. The molecule has 1 N–H and O–H groups in total. The Morgan fingerprint density at radius 2 is 1.82 bits per heavy atom. The van der Waals surface area contributed by atoms with Crippen molar-refractivity contribution in [2.24, 2.45) is 0 Å². The Balaban J connectivity index is 1.55. The number of para-hydroxylation sites is 1. The number of fused-ring (bicyclic) bond motifs is 3. The van der Waals surface area contributed by atoms with Crippen LogP contribution in [-0.2, 0) is 11.3 Å². The van der Waals surface area contributed by atoms with Gasteiger partial charge in [0.1, 0.15) is 0 Å². The lowest BCUT2D eigenvalue weighted by Gasteiger charge is -2.15. The monoisotopic (exact) mass is 375 g/mol. The minimum absolute atomic E-state index is 0.0612. The van der Waals surface area contributed by atoms with Crippen molar-refractivity contribution in [2.75, 3.05) is 18.9 Å². The van der Waals surface area contributed by atoms with Gasteiger partial charge in [-0.2, -0.15) is 0 Å². The number of nitrogens with one attached hydrogen (secondary N) is 1. The van der Waals surface area contributed by atoms with Gasteiger partial charge in [0, 0.05) is 41.1 Å². The van der Waals surface area contributed by atoms with E-state index in [1.807, 2.05) is 30.3 Å². The first-order valence-electron chi connectivity index (χ1n) is 9.18. The van der Waals surface area contributed by atoms with Crippen molar-refractivity contribution >= 4 is 39.3 Å². The van der Waals surface area contributed by atoms with E-state index >= 15 is 0 Å². The largest absolute Gasteiger partial charge is 0.459 e. The zero-order valence-corrected chi connectivity index (χ0v) is 15.8. The number of hydrogen-bond donors (Lipinski definition) is 1. The van der Waals surface area contributed by atoms with Gasteiger partial charge in [-0.1, -0.05) is 18.2 Å². The summed E-state index contributed by atoms with van der Waals surface area (Å²) in [6.07, 6.45) is 1.43. The van der Waals surface area contributed by atoms with Gasteiger partial charge in [-0.25, -0.2) is 0 Å². The van der Waals surface area contributed by atoms with Crippen LogP contribution in [0.5, 0.6) is 0 Å². The molecular weight excluding hydrogens is 354 g/mol. The van der Waals surface area contributed by atoms with E-state index in [1.165, 1.54) is 16.7 Å². The minimum atomic E-state index is -0.332. The van der Waals surface area contributed by atoms with E-state index in [9.17, 15) is 9.59 Å². The number of amides is 2. The summed E-state index contributed by atoms with van der Waals surface area (Å²) in [6, 6.07) is 17.3. The van der Waals surface area contributed by atoms with Crippen LogP contribution >= 0.6 is 0 Å². The number of benzene rings is 2. The smallest absolute Gasteiger partial charge is 0.289 e. The second kappa shape index (κ2) is 7.23. The summed E-state index contributed by atoms with van der Waals surface area (Å²) in [7, 11) is 1.57. The topological polar surface area (TPSA) is 67.5 Å². The summed E-state index contributed by atoms with van der Waals surface area (Å²) in [4.78, 5) is 25.9. The average Bonchev–Trinajstić information content (AvgIpc) is 3.33. The molecule has 0 saturated heterocycles. The fraction of sp³-hybridized carbons (Fsp3) is 0.182. The van der Waals surface area contributed by atoms with Crippen LogP contribution in [0.15, 0.2) is 65.3 Å². The summed E-state index contributed by atoms with van der Waals surface area (Å²) in [5.41, 5.74) is 3.01. The van der Waals surface area contributed by atoms with Gasteiger partial charge >= 0.3 is 0 Å². The molecule has 4 aromatic rings. The molecule has 0 aliphatic rings. The predicted octanol–water partition coefficient (Wildman–Crippen LogP) is 4.12. The second-order valence-corrected chi connectivity index (χ2v) is 6.68. The van der Waals surface area contributed by atoms with Gasteiger partial charge < -0.3 is 19.2 Å². The third-order valence-electron chi connectivity index (χ3n) is 4.83. The molecule has 0 spiro atoms. The molecule has 4 rings (SSSR count). The van der Waals surface area contributed by atoms with Crippen LogP contribution in [0.4, 0.5) is 5.69 Å². The highest BCUT2D eigenvalue weighted by atomic mass is 16.3. The Bertz CT molecular complexity index is 1160. The summed E-state index contributed by atoms with van der Waals surface area (Å²) in [6.45, 7) is 2.93. The lowest BCUT2D eigenvalue weighted by Crippen LogP contribution is -2.34. The van der Waals surface area contributed by atoms with Gasteiger partial charge in [-0.05, 0) is 43.3 Å². The third-order valence-corrected chi connectivity index (χ3v) is 4.83. The molecule has 142 valence electrons. The van der Waals surface area contributed by atoms with Gasteiger partial charge in [-0.15, -0.1) is 0 Å². The molecular formula is C22H21N3O3. The van der Waals surface area contributed by atoms with Crippen LogP contribution < -0.4 is 5.32 Å². The van der Waals surface area contributed by atoms with E-state index in [-0.39, 0.29) is 24.1 Å². The van der Waals surface area contributed by atoms with E-state index < -0.39 is 0 Å². The number of carbonyl (C=O) groups is 2. The summed E-state index contributed by atoms with van der Waals surface area (Å²) in [5.74, 6) is -0.383. The number of furan rings is 1. The summed E-state index contributed by atoms with van der Waals surface area (Å²) in [5, 5.41) is 5.13. The molecule has 2 aromatic carbocycles. The van der Waals surface area contributed by atoms with Crippen molar-refractivity contribution in [3.63, 3.8) is 0 Å². The highest BCUT2D eigenvalue weighted by Gasteiger charge is 2.17. The SMILES string of the molecule is CCn1c2ccccc2c2cc(NC(=O)CN(C)C(=O)c3ccco3)ccc21. The predicted molar refractivity (Wildman–Crippen MR) is 109 cm³/mol. The van der Waals surface area contributed by atoms with Gasteiger partial charge in [-0.3, -0.25) is 9.59 Å². The van der Waals surface area contributed by atoms with Crippen molar-refractivity contribution < 1.29 is 14.0 Å². The van der Waals surface area contributed by atoms with Gasteiger partial charge in [0.25, 0.3) is 5.91 Å². The lowest BCUT2D eigenvalue weighted by atomic mass is 10.1. The van der Waals surface area contributed by atoms with Gasteiger partial charge in [0.2, 0.25) is 5.91 Å². The highest BCUT2D eigenvalue weighted by Crippen LogP contribution is 2.30. The Morgan fingerprint density at radius 1 is 1.04 bits per heavy atom. The fourth-order valence-corrected chi connectivity index (χ4v) is 3.55. The number of aryl methyl sites for hydroxylation is 1.